The van der Waals surface area contributed by atoms with Crippen LogP contribution in [0.25, 0.3) is 0 Å². The number of unbranched alkanes of at least 4 members (excludes halogenated alkanes) is 2. The van der Waals surface area contributed by atoms with Gasteiger partial charge in [0.15, 0.2) is 0 Å². The van der Waals surface area contributed by atoms with Crippen LogP contribution in [-0.2, 0) is 0 Å². The lowest BCUT2D eigenvalue weighted by Crippen LogP contribution is -2.19. The second-order valence-corrected chi connectivity index (χ2v) is 9.99. The third kappa shape index (κ3) is 7.34. The Labute approximate surface area is 181 Å². The lowest BCUT2D eigenvalue weighted by molar-refractivity contribution is 0.199. The fraction of sp³-hybridized carbons (Fsp3) is 0.786. The zero-order valence-corrected chi connectivity index (χ0v) is 19.3. The molecule has 0 aromatic heterocycles. The summed E-state index contributed by atoms with van der Waals surface area (Å²) in [6.45, 7) is 5.57. The van der Waals surface area contributed by atoms with Gasteiger partial charge in [0.2, 0.25) is 0 Å². The molecule has 0 spiro atoms. The smallest absolute Gasteiger partial charge is 0.119 e. The van der Waals surface area contributed by atoms with Crippen molar-refractivity contribution in [1.82, 2.24) is 0 Å². The summed E-state index contributed by atoms with van der Waals surface area (Å²) < 4.78 is 6.08. The maximum absolute atomic E-state index is 6.08. The first-order valence-electron chi connectivity index (χ1n) is 13.0. The van der Waals surface area contributed by atoms with Gasteiger partial charge in [-0.1, -0.05) is 83.8 Å². The second kappa shape index (κ2) is 12.7. The molecule has 2 unspecified atom stereocenters. The van der Waals surface area contributed by atoms with E-state index < -0.39 is 0 Å². The third-order valence-corrected chi connectivity index (χ3v) is 7.99. The summed E-state index contributed by atoms with van der Waals surface area (Å²) in [6.07, 6.45) is 21.1. The fourth-order valence-electron chi connectivity index (χ4n) is 6.04. The zero-order valence-electron chi connectivity index (χ0n) is 19.3. The molecule has 1 aromatic rings. The van der Waals surface area contributed by atoms with E-state index in [-0.39, 0.29) is 0 Å². The minimum absolute atomic E-state index is 0.781. The zero-order chi connectivity index (χ0) is 20.3. The van der Waals surface area contributed by atoms with Crippen LogP contribution in [0, 0.1) is 17.8 Å². The van der Waals surface area contributed by atoms with Crippen molar-refractivity contribution in [2.75, 3.05) is 6.61 Å². The lowest BCUT2D eigenvalue weighted by Gasteiger charge is -2.30. The van der Waals surface area contributed by atoms with Gasteiger partial charge in [0.1, 0.15) is 5.75 Å². The van der Waals surface area contributed by atoms with E-state index in [0.29, 0.717) is 0 Å². The number of benzene rings is 1. The van der Waals surface area contributed by atoms with Crippen molar-refractivity contribution in [3.05, 3.63) is 29.8 Å². The highest BCUT2D eigenvalue weighted by Gasteiger charge is 2.23. The molecule has 2 saturated carbocycles. The first kappa shape index (κ1) is 22.7. The van der Waals surface area contributed by atoms with Gasteiger partial charge in [-0.3, -0.25) is 0 Å². The largest absolute Gasteiger partial charge is 0.494 e. The Bertz CT molecular complexity index is 540. The summed E-state index contributed by atoms with van der Waals surface area (Å²) >= 11 is 0. The molecule has 2 aliphatic rings. The predicted octanol–water partition coefficient (Wildman–Crippen LogP) is 8.92. The van der Waals surface area contributed by atoms with E-state index >= 15 is 0 Å². The van der Waals surface area contributed by atoms with Gasteiger partial charge >= 0.3 is 0 Å². The normalized spacial score (nSPS) is 27.7. The van der Waals surface area contributed by atoms with Crippen LogP contribution in [0.4, 0.5) is 0 Å². The highest BCUT2D eigenvalue weighted by molar-refractivity contribution is 5.29. The van der Waals surface area contributed by atoms with Gasteiger partial charge in [0, 0.05) is 0 Å². The van der Waals surface area contributed by atoms with E-state index in [2.05, 4.69) is 38.1 Å². The Morgan fingerprint density at radius 1 is 0.759 bits per heavy atom. The van der Waals surface area contributed by atoms with Crippen LogP contribution >= 0.6 is 0 Å². The van der Waals surface area contributed by atoms with Gasteiger partial charge < -0.3 is 4.74 Å². The van der Waals surface area contributed by atoms with Gasteiger partial charge in [-0.25, -0.2) is 0 Å². The summed E-state index contributed by atoms with van der Waals surface area (Å²) in [5.41, 5.74) is 1.54. The highest BCUT2D eigenvalue weighted by atomic mass is 16.5. The Hall–Kier alpha value is -0.980. The first-order chi connectivity index (χ1) is 14.3. The van der Waals surface area contributed by atoms with Crippen LogP contribution < -0.4 is 4.74 Å². The van der Waals surface area contributed by atoms with E-state index in [0.717, 1.165) is 36.0 Å². The molecule has 0 saturated heterocycles. The Morgan fingerprint density at radius 2 is 1.48 bits per heavy atom. The van der Waals surface area contributed by atoms with Crippen LogP contribution in [0.1, 0.15) is 122 Å². The number of rotatable bonds is 11. The highest BCUT2D eigenvalue weighted by Crippen LogP contribution is 2.38. The van der Waals surface area contributed by atoms with Crippen molar-refractivity contribution in [3.8, 4) is 5.75 Å². The molecule has 29 heavy (non-hydrogen) atoms. The Kier molecular flexibility index (Phi) is 9.91. The molecule has 1 heteroatoms. The number of ether oxygens (including phenoxy) is 1. The third-order valence-electron chi connectivity index (χ3n) is 7.99. The van der Waals surface area contributed by atoms with Crippen LogP contribution in [0.5, 0.6) is 5.75 Å². The summed E-state index contributed by atoms with van der Waals surface area (Å²) in [5, 5.41) is 0. The van der Waals surface area contributed by atoms with E-state index in [1.165, 1.54) is 102 Å². The van der Waals surface area contributed by atoms with E-state index in [1.54, 1.807) is 0 Å². The van der Waals surface area contributed by atoms with Crippen molar-refractivity contribution in [1.29, 1.82) is 0 Å². The average molecular weight is 399 g/mol. The molecule has 0 amide bonds. The monoisotopic (exact) mass is 398 g/mol. The quantitative estimate of drug-likeness (QED) is 0.338. The van der Waals surface area contributed by atoms with Crippen molar-refractivity contribution in [3.63, 3.8) is 0 Å². The maximum atomic E-state index is 6.08. The van der Waals surface area contributed by atoms with Crippen LogP contribution in [0.2, 0.25) is 0 Å². The predicted molar refractivity (Wildman–Crippen MR) is 126 cm³/mol. The lowest BCUT2D eigenvalue weighted by atomic mass is 9.76. The molecule has 2 fully saturated rings. The molecule has 0 aliphatic heterocycles. The summed E-state index contributed by atoms with van der Waals surface area (Å²) in [6, 6.07) is 9.12. The van der Waals surface area contributed by atoms with E-state index in [1.807, 2.05) is 0 Å². The minimum Gasteiger partial charge on any atom is -0.494 e. The van der Waals surface area contributed by atoms with Gasteiger partial charge in [-0.05, 0) is 79.9 Å². The Morgan fingerprint density at radius 3 is 2.17 bits per heavy atom. The van der Waals surface area contributed by atoms with Crippen molar-refractivity contribution < 1.29 is 4.74 Å². The van der Waals surface area contributed by atoms with E-state index in [4.69, 9.17) is 4.74 Å². The van der Waals surface area contributed by atoms with Gasteiger partial charge in [0.05, 0.1) is 6.61 Å². The standard InChI is InChI=1S/C28H46O/c1-3-5-6-10-23-14-16-26(17-15-23)27-18-20-28(21-19-27)29-22-9-13-25-12-8-7-11-24(25)4-2/h18-21,23-26H,3-17,22H2,1-2H3. The molecule has 164 valence electrons. The minimum atomic E-state index is 0.781. The Balaban J connectivity index is 1.34. The molecule has 1 aromatic carbocycles. The van der Waals surface area contributed by atoms with Gasteiger partial charge in [-0.15, -0.1) is 0 Å². The summed E-state index contributed by atoms with van der Waals surface area (Å²) in [5.74, 6) is 4.78. The van der Waals surface area contributed by atoms with Crippen molar-refractivity contribution in [2.45, 2.75) is 116 Å². The van der Waals surface area contributed by atoms with E-state index in [9.17, 15) is 0 Å². The fourth-order valence-corrected chi connectivity index (χ4v) is 6.04. The molecular formula is C28H46O. The average Bonchev–Trinajstić information content (AvgIpc) is 2.78. The molecular weight excluding hydrogens is 352 g/mol. The molecule has 2 aliphatic carbocycles. The number of hydrogen-bond donors (Lipinski definition) is 0. The summed E-state index contributed by atoms with van der Waals surface area (Å²) in [4.78, 5) is 0. The molecule has 2 atom stereocenters. The van der Waals surface area contributed by atoms with Crippen LogP contribution in [0.3, 0.4) is 0 Å². The first-order valence-corrected chi connectivity index (χ1v) is 13.0. The number of hydrogen-bond acceptors (Lipinski definition) is 1. The SMILES string of the molecule is CCCCCC1CCC(c2ccc(OCCCC3CCCCC3CC)cc2)CC1. The van der Waals surface area contributed by atoms with Gasteiger partial charge in [0.25, 0.3) is 0 Å². The van der Waals surface area contributed by atoms with Crippen molar-refractivity contribution in [2.24, 2.45) is 17.8 Å². The molecule has 0 bridgehead atoms. The van der Waals surface area contributed by atoms with Crippen LogP contribution in [-0.4, -0.2) is 6.61 Å². The molecule has 3 rings (SSSR count). The summed E-state index contributed by atoms with van der Waals surface area (Å²) in [7, 11) is 0. The molecule has 1 nitrogen and oxygen atoms in total. The van der Waals surface area contributed by atoms with Crippen molar-refractivity contribution >= 4 is 0 Å². The van der Waals surface area contributed by atoms with Crippen LogP contribution in [0.15, 0.2) is 24.3 Å². The molecule has 0 heterocycles. The van der Waals surface area contributed by atoms with Gasteiger partial charge in [-0.2, -0.15) is 0 Å². The molecule has 0 N–H and O–H groups in total. The topological polar surface area (TPSA) is 9.23 Å². The second-order valence-electron chi connectivity index (χ2n) is 9.99. The molecule has 0 radical (unpaired) electrons. The maximum Gasteiger partial charge on any atom is 0.119 e.